The lowest BCUT2D eigenvalue weighted by Crippen LogP contribution is -2.12. The number of hydrogen-bond donors (Lipinski definition) is 1. The van der Waals surface area contributed by atoms with Gasteiger partial charge in [0.25, 0.3) is 0 Å². The average Bonchev–Trinajstić information content (AvgIpc) is 2.34. The molecule has 0 fully saturated rings. The van der Waals surface area contributed by atoms with E-state index in [0.717, 1.165) is 0 Å². The van der Waals surface area contributed by atoms with E-state index in [1.165, 1.54) is 32.9 Å². The quantitative estimate of drug-likeness (QED) is 0.640. The van der Waals surface area contributed by atoms with Crippen molar-refractivity contribution in [2.45, 2.75) is 20.8 Å². The summed E-state index contributed by atoms with van der Waals surface area (Å²) in [6, 6.07) is 2.92. The van der Waals surface area contributed by atoms with Crippen molar-refractivity contribution in [2.75, 3.05) is 11.9 Å². The zero-order valence-corrected chi connectivity index (χ0v) is 11.8. The summed E-state index contributed by atoms with van der Waals surface area (Å²) in [7, 11) is 0. The van der Waals surface area contributed by atoms with Crippen LogP contribution in [0.5, 0.6) is 5.75 Å². The zero-order valence-electron chi connectivity index (χ0n) is 11.8. The Kier molecular flexibility index (Phi) is 5.20. The number of anilines is 1. The lowest BCUT2D eigenvalue weighted by atomic mass is 10.0. The van der Waals surface area contributed by atoms with Crippen LogP contribution in [-0.4, -0.2) is 24.1 Å². The average molecular weight is 275 g/mol. The van der Waals surface area contributed by atoms with Crippen molar-refractivity contribution in [3.05, 3.63) is 35.9 Å². The molecule has 1 rings (SSSR count). The maximum Gasteiger partial charge on any atom is 0.221 e. The second-order valence-corrected chi connectivity index (χ2v) is 4.29. The molecule has 1 N–H and O–H groups in total. The molecule has 5 nitrogen and oxygen atoms in total. The van der Waals surface area contributed by atoms with Crippen LogP contribution in [0.4, 0.5) is 5.69 Å². The van der Waals surface area contributed by atoms with Gasteiger partial charge in [0.05, 0.1) is 11.3 Å². The molecule has 0 saturated carbocycles. The molecule has 0 aliphatic rings. The summed E-state index contributed by atoms with van der Waals surface area (Å²) in [5, 5.41) is 2.56. The van der Waals surface area contributed by atoms with Crippen molar-refractivity contribution in [3.63, 3.8) is 0 Å². The van der Waals surface area contributed by atoms with E-state index in [1.54, 1.807) is 6.08 Å². The number of ether oxygens (including phenoxy) is 1. The van der Waals surface area contributed by atoms with E-state index in [0.29, 0.717) is 17.0 Å². The fraction of sp³-hybridized carbons (Fsp3) is 0.267. The first kappa shape index (κ1) is 15.6. The van der Waals surface area contributed by atoms with Gasteiger partial charge in [0.1, 0.15) is 12.4 Å². The van der Waals surface area contributed by atoms with Crippen LogP contribution >= 0.6 is 0 Å². The second kappa shape index (κ2) is 6.65. The highest BCUT2D eigenvalue weighted by molar-refractivity contribution is 6.07. The van der Waals surface area contributed by atoms with Gasteiger partial charge >= 0.3 is 0 Å². The van der Waals surface area contributed by atoms with E-state index in [1.807, 2.05) is 0 Å². The molecule has 0 radical (unpaired) electrons. The maximum atomic E-state index is 11.6. The van der Waals surface area contributed by atoms with Crippen LogP contribution in [0, 0.1) is 0 Å². The first-order valence-electron chi connectivity index (χ1n) is 6.08. The number of nitrogens with one attached hydrogen (secondary N) is 1. The lowest BCUT2D eigenvalue weighted by molar-refractivity contribution is -0.114. The molecule has 0 aromatic heterocycles. The van der Waals surface area contributed by atoms with E-state index < -0.39 is 0 Å². The van der Waals surface area contributed by atoms with Gasteiger partial charge in [0.2, 0.25) is 5.91 Å². The predicted molar refractivity (Wildman–Crippen MR) is 76.4 cm³/mol. The van der Waals surface area contributed by atoms with Crippen LogP contribution in [-0.2, 0) is 4.79 Å². The fourth-order valence-electron chi connectivity index (χ4n) is 1.71. The van der Waals surface area contributed by atoms with Crippen molar-refractivity contribution < 1.29 is 19.1 Å². The molecule has 0 saturated heterocycles. The molecule has 106 valence electrons. The number of Topliss-reactive ketones (excluding diaryl/α,β-unsaturated/α-hetero) is 2. The summed E-state index contributed by atoms with van der Waals surface area (Å²) in [4.78, 5) is 34.4. The molecule has 1 amide bonds. The minimum atomic E-state index is -0.308. The maximum absolute atomic E-state index is 11.6. The van der Waals surface area contributed by atoms with Gasteiger partial charge < -0.3 is 10.1 Å². The van der Waals surface area contributed by atoms with Gasteiger partial charge in [-0.1, -0.05) is 12.7 Å². The second-order valence-electron chi connectivity index (χ2n) is 4.29. The summed E-state index contributed by atoms with van der Waals surface area (Å²) in [6.45, 7) is 7.85. The highest BCUT2D eigenvalue weighted by Gasteiger charge is 2.17. The highest BCUT2D eigenvalue weighted by atomic mass is 16.5. The Balaban J connectivity index is 3.41. The van der Waals surface area contributed by atoms with Gasteiger partial charge in [-0.25, -0.2) is 0 Å². The summed E-state index contributed by atoms with van der Waals surface area (Å²) < 4.78 is 5.40. The number of rotatable bonds is 6. The topological polar surface area (TPSA) is 72.5 Å². The van der Waals surface area contributed by atoms with Gasteiger partial charge in [-0.3, -0.25) is 14.4 Å². The minimum Gasteiger partial charge on any atom is -0.489 e. The number of ketones is 2. The molecule has 0 heterocycles. The van der Waals surface area contributed by atoms with E-state index in [-0.39, 0.29) is 29.6 Å². The van der Waals surface area contributed by atoms with Gasteiger partial charge in [0, 0.05) is 18.6 Å². The third kappa shape index (κ3) is 3.78. The lowest BCUT2D eigenvalue weighted by Gasteiger charge is -2.14. The third-order valence-electron chi connectivity index (χ3n) is 2.55. The van der Waals surface area contributed by atoms with Gasteiger partial charge in [-0.2, -0.15) is 0 Å². The first-order chi connectivity index (χ1) is 9.36. The van der Waals surface area contributed by atoms with Crippen molar-refractivity contribution in [1.82, 2.24) is 0 Å². The molecule has 0 aliphatic carbocycles. The predicted octanol–water partition coefficient (Wildman–Crippen LogP) is 2.62. The van der Waals surface area contributed by atoms with Crippen LogP contribution in [0.1, 0.15) is 41.5 Å². The van der Waals surface area contributed by atoms with E-state index in [4.69, 9.17) is 4.74 Å². The molecule has 0 atom stereocenters. The SMILES string of the molecule is C=CCOc1cc(NC(C)=O)c(C(C)=O)cc1C(C)=O. The van der Waals surface area contributed by atoms with E-state index in [2.05, 4.69) is 11.9 Å². The molecular formula is C15H17NO4. The molecule has 0 bridgehead atoms. The molecule has 0 unspecified atom stereocenters. The molecule has 1 aromatic rings. The number of hydrogen-bond acceptors (Lipinski definition) is 4. The Morgan fingerprint density at radius 2 is 1.75 bits per heavy atom. The van der Waals surface area contributed by atoms with E-state index >= 15 is 0 Å². The number of carbonyl (C=O) groups is 3. The molecule has 0 aliphatic heterocycles. The van der Waals surface area contributed by atoms with Gasteiger partial charge in [-0.05, 0) is 19.9 Å². The summed E-state index contributed by atoms with van der Waals surface area (Å²) in [5.74, 6) is -0.462. The monoisotopic (exact) mass is 275 g/mol. The van der Waals surface area contributed by atoms with Crippen LogP contribution in [0.25, 0.3) is 0 Å². The van der Waals surface area contributed by atoms with Crippen LogP contribution < -0.4 is 10.1 Å². The fourth-order valence-corrected chi connectivity index (χ4v) is 1.71. The number of benzene rings is 1. The first-order valence-corrected chi connectivity index (χ1v) is 6.08. The van der Waals surface area contributed by atoms with E-state index in [9.17, 15) is 14.4 Å². The Morgan fingerprint density at radius 3 is 2.20 bits per heavy atom. The van der Waals surface area contributed by atoms with Crippen LogP contribution in [0.15, 0.2) is 24.8 Å². The Hall–Kier alpha value is -2.43. The Morgan fingerprint density at radius 1 is 1.15 bits per heavy atom. The molecular weight excluding hydrogens is 258 g/mol. The molecule has 20 heavy (non-hydrogen) atoms. The summed E-state index contributed by atoms with van der Waals surface area (Å²) in [6.07, 6.45) is 1.54. The van der Waals surface area contributed by atoms with Crippen LogP contribution in [0.2, 0.25) is 0 Å². The van der Waals surface area contributed by atoms with Crippen molar-refractivity contribution in [3.8, 4) is 5.75 Å². The Bertz CT molecular complexity index is 575. The summed E-state index contributed by atoms with van der Waals surface area (Å²) in [5.41, 5.74) is 0.900. The normalized spacial score (nSPS) is 9.75. The highest BCUT2D eigenvalue weighted by Crippen LogP contribution is 2.28. The van der Waals surface area contributed by atoms with Crippen molar-refractivity contribution >= 4 is 23.2 Å². The van der Waals surface area contributed by atoms with Gasteiger partial charge in [0.15, 0.2) is 11.6 Å². The van der Waals surface area contributed by atoms with Gasteiger partial charge in [-0.15, -0.1) is 0 Å². The van der Waals surface area contributed by atoms with Crippen LogP contribution in [0.3, 0.4) is 0 Å². The third-order valence-corrected chi connectivity index (χ3v) is 2.55. The molecule has 0 spiro atoms. The van der Waals surface area contributed by atoms with Crippen molar-refractivity contribution in [1.29, 1.82) is 0 Å². The minimum absolute atomic E-state index is 0.221. The standard InChI is InChI=1S/C15H17NO4/c1-5-6-20-15-8-14(16-11(4)19)12(9(2)17)7-13(15)10(3)18/h5,7-8H,1,6H2,2-4H3,(H,16,19). The summed E-state index contributed by atoms with van der Waals surface area (Å²) >= 11 is 0. The molecule has 5 heteroatoms. The zero-order chi connectivity index (χ0) is 15.3. The smallest absolute Gasteiger partial charge is 0.221 e. The largest absolute Gasteiger partial charge is 0.489 e. The molecule has 1 aromatic carbocycles. The number of amides is 1. The van der Waals surface area contributed by atoms with Crippen molar-refractivity contribution in [2.24, 2.45) is 0 Å². The number of carbonyl (C=O) groups excluding carboxylic acids is 3. The Labute approximate surface area is 117 Å².